The third-order valence-electron chi connectivity index (χ3n) is 3.13. The van der Waals surface area contributed by atoms with Gasteiger partial charge < -0.3 is 10.0 Å². The largest absolute Gasteiger partial charge is 0.389 e. The van der Waals surface area contributed by atoms with E-state index in [1.54, 1.807) is 6.92 Å². The zero-order valence-corrected chi connectivity index (χ0v) is 12.6. The van der Waals surface area contributed by atoms with E-state index in [2.05, 4.69) is 33.8 Å². The van der Waals surface area contributed by atoms with Crippen LogP contribution in [0.1, 0.15) is 25.5 Å². The molecule has 1 aromatic rings. The van der Waals surface area contributed by atoms with Crippen molar-refractivity contribution >= 4 is 33.4 Å². The molecule has 1 fully saturated rings. The summed E-state index contributed by atoms with van der Waals surface area (Å²) in [5.41, 5.74) is 2.20. The summed E-state index contributed by atoms with van der Waals surface area (Å²) in [5, 5.41) is 9.56. The molecule has 2 atom stereocenters. The lowest BCUT2D eigenvalue weighted by Crippen LogP contribution is -2.40. The van der Waals surface area contributed by atoms with Gasteiger partial charge in [0.1, 0.15) is 0 Å². The van der Waals surface area contributed by atoms with Crippen LogP contribution >= 0.6 is 27.7 Å². The molecule has 1 aromatic carbocycles. The average molecular weight is 316 g/mol. The van der Waals surface area contributed by atoms with Crippen molar-refractivity contribution in [1.82, 2.24) is 0 Å². The van der Waals surface area contributed by atoms with E-state index >= 15 is 0 Å². The van der Waals surface area contributed by atoms with E-state index in [1.807, 2.05) is 23.9 Å². The van der Waals surface area contributed by atoms with Crippen LogP contribution in [-0.4, -0.2) is 29.2 Å². The van der Waals surface area contributed by atoms with Crippen LogP contribution in [0.5, 0.6) is 0 Å². The molecule has 0 amide bonds. The molecule has 0 bridgehead atoms. The van der Waals surface area contributed by atoms with E-state index in [0.29, 0.717) is 6.04 Å². The summed E-state index contributed by atoms with van der Waals surface area (Å²) >= 11 is 5.64. The normalized spacial score (nSPS) is 22.6. The predicted octanol–water partition coefficient (Wildman–Crippen LogP) is 3.44. The second-order valence-electron chi connectivity index (χ2n) is 4.50. The van der Waals surface area contributed by atoms with Gasteiger partial charge >= 0.3 is 0 Å². The van der Waals surface area contributed by atoms with Gasteiger partial charge in [-0.25, -0.2) is 0 Å². The van der Waals surface area contributed by atoms with Gasteiger partial charge in [-0.05, 0) is 47.5 Å². The molecule has 4 heteroatoms. The molecule has 2 rings (SSSR count). The first-order valence-corrected chi connectivity index (χ1v) is 7.86. The average Bonchev–Trinajstić information content (AvgIpc) is 2.30. The number of thioether (sulfide) groups is 1. The Morgan fingerprint density at radius 2 is 2.29 bits per heavy atom. The van der Waals surface area contributed by atoms with Crippen molar-refractivity contribution in [3.05, 3.63) is 28.2 Å². The number of anilines is 1. The van der Waals surface area contributed by atoms with Crippen LogP contribution in [-0.2, 0) is 0 Å². The lowest BCUT2D eigenvalue weighted by molar-refractivity contribution is 0.199. The minimum atomic E-state index is -0.408. The molecule has 1 heterocycles. The number of hydrogen-bond acceptors (Lipinski definition) is 3. The molecule has 0 saturated carbocycles. The SMILES string of the molecule is CC(O)c1ccc(N2CCSCC2C)c(Br)c1. The maximum atomic E-state index is 9.56. The summed E-state index contributed by atoms with van der Waals surface area (Å²) in [7, 11) is 0. The van der Waals surface area contributed by atoms with E-state index in [9.17, 15) is 5.11 Å². The summed E-state index contributed by atoms with van der Waals surface area (Å²) in [6.45, 7) is 5.15. The highest BCUT2D eigenvalue weighted by atomic mass is 79.9. The molecule has 0 radical (unpaired) electrons. The molecule has 0 aromatic heterocycles. The zero-order valence-electron chi connectivity index (χ0n) is 10.2. The summed E-state index contributed by atoms with van der Waals surface area (Å²) in [6.07, 6.45) is -0.408. The van der Waals surface area contributed by atoms with Crippen LogP contribution in [0.2, 0.25) is 0 Å². The minimum Gasteiger partial charge on any atom is -0.389 e. The number of rotatable bonds is 2. The van der Waals surface area contributed by atoms with Gasteiger partial charge in [-0.3, -0.25) is 0 Å². The first-order valence-electron chi connectivity index (χ1n) is 5.91. The summed E-state index contributed by atoms with van der Waals surface area (Å²) in [4.78, 5) is 2.44. The van der Waals surface area contributed by atoms with E-state index in [4.69, 9.17) is 0 Å². The zero-order chi connectivity index (χ0) is 12.4. The molecule has 1 aliphatic heterocycles. The second-order valence-corrected chi connectivity index (χ2v) is 6.51. The summed E-state index contributed by atoms with van der Waals surface area (Å²) in [5.74, 6) is 2.37. The van der Waals surface area contributed by atoms with E-state index < -0.39 is 6.10 Å². The Balaban J connectivity index is 2.26. The van der Waals surface area contributed by atoms with Gasteiger partial charge in [-0.15, -0.1) is 0 Å². The van der Waals surface area contributed by atoms with Crippen molar-refractivity contribution in [3.8, 4) is 0 Å². The first-order chi connectivity index (χ1) is 8.09. The van der Waals surface area contributed by atoms with Gasteiger partial charge in [0.25, 0.3) is 0 Å². The van der Waals surface area contributed by atoms with E-state index in [0.717, 1.165) is 16.6 Å². The summed E-state index contributed by atoms with van der Waals surface area (Å²) in [6, 6.07) is 6.72. The van der Waals surface area contributed by atoms with Crippen LogP contribution in [0, 0.1) is 0 Å². The number of benzene rings is 1. The topological polar surface area (TPSA) is 23.5 Å². The number of aliphatic hydroxyl groups excluding tert-OH is 1. The molecule has 94 valence electrons. The maximum absolute atomic E-state index is 9.56. The molecule has 0 spiro atoms. The van der Waals surface area contributed by atoms with Crippen molar-refractivity contribution in [3.63, 3.8) is 0 Å². The maximum Gasteiger partial charge on any atom is 0.0762 e. The second kappa shape index (κ2) is 5.63. The third kappa shape index (κ3) is 2.98. The molecule has 2 unspecified atom stereocenters. The van der Waals surface area contributed by atoms with Crippen LogP contribution in [0.15, 0.2) is 22.7 Å². The van der Waals surface area contributed by atoms with Gasteiger partial charge in [0, 0.05) is 28.6 Å². The highest BCUT2D eigenvalue weighted by Gasteiger charge is 2.20. The summed E-state index contributed by atoms with van der Waals surface area (Å²) < 4.78 is 1.08. The van der Waals surface area contributed by atoms with Crippen LogP contribution < -0.4 is 4.90 Å². The Hall–Kier alpha value is -0.190. The Morgan fingerprint density at radius 3 is 2.88 bits per heavy atom. The van der Waals surface area contributed by atoms with Gasteiger partial charge in [-0.1, -0.05) is 6.07 Å². The lowest BCUT2D eigenvalue weighted by atomic mass is 10.1. The van der Waals surface area contributed by atoms with Crippen LogP contribution in [0.25, 0.3) is 0 Å². The van der Waals surface area contributed by atoms with Crippen LogP contribution in [0.3, 0.4) is 0 Å². The standard InChI is InChI=1S/C13H18BrNOS/c1-9-8-17-6-5-15(9)13-4-3-11(10(2)16)7-12(13)14/h3-4,7,9-10,16H,5-6,8H2,1-2H3. The first kappa shape index (κ1) is 13.2. The van der Waals surface area contributed by atoms with E-state index in [1.165, 1.54) is 17.2 Å². The quantitative estimate of drug-likeness (QED) is 0.904. The van der Waals surface area contributed by atoms with Gasteiger partial charge in [-0.2, -0.15) is 11.8 Å². The van der Waals surface area contributed by atoms with Gasteiger partial charge in [0.15, 0.2) is 0 Å². The smallest absolute Gasteiger partial charge is 0.0762 e. The fourth-order valence-corrected chi connectivity index (χ4v) is 3.74. The third-order valence-corrected chi connectivity index (χ3v) is 4.96. The van der Waals surface area contributed by atoms with Gasteiger partial charge in [0.2, 0.25) is 0 Å². The monoisotopic (exact) mass is 315 g/mol. The van der Waals surface area contributed by atoms with Crippen molar-refractivity contribution in [2.45, 2.75) is 26.0 Å². The lowest BCUT2D eigenvalue weighted by Gasteiger charge is -2.35. The number of nitrogens with zero attached hydrogens (tertiary/aromatic N) is 1. The highest BCUT2D eigenvalue weighted by Crippen LogP contribution is 2.32. The number of hydrogen-bond donors (Lipinski definition) is 1. The Bertz CT molecular complexity index is 397. The van der Waals surface area contributed by atoms with Crippen molar-refractivity contribution in [2.75, 3.05) is 23.0 Å². The molecule has 1 aliphatic rings. The Labute approximate surface area is 116 Å². The molecule has 0 aliphatic carbocycles. The molecular weight excluding hydrogens is 298 g/mol. The van der Waals surface area contributed by atoms with Crippen LogP contribution in [0.4, 0.5) is 5.69 Å². The fourth-order valence-electron chi connectivity index (χ4n) is 2.10. The Morgan fingerprint density at radius 1 is 1.53 bits per heavy atom. The minimum absolute atomic E-state index is 0.408. The molecule has 2 nitrogen and oxygen atoms in total. The molecular formula is C13H18BrNOS. The van der Waals surface area contributed by atoms with Crippen molar-refractivity contribution < 1.29 is 5.11 Å². The number of aliphatic hydroxyl groups is 1. The molecule has 17 heavy (non-hydrogen) atoms. The molecule has 1 saturated heterocycles. The highest BCUT2D eigenvalue weighted by molar-refractivity contribution is 9.10. The predicted molar refractivity (Wildman–Crippen MR) is 78.9 cm³/mol. The van der Waals surface area contributed by atoms with Crippen molar-refractivity contribution in [1.29, 1.82) is 0 Å². The van der Waals surface area contributed by atoms with Crippen molar-refractivity contribution in [2.24, 2.45) is 0 Å². The van der Waals surface area contributed by atoms with Gasteiger partial charge in [0.05, 0.1) is 11.8 Å². The molecule has 1 N–H and O–H groups in total. The number of halogens is 1. The Kier molecular flexibility index (Phi) is 4.39. The fraction of sp³-hybridized carbons (Fsp3) is 0.538. The van der Waals surface area contributed by atoms with E-state index in [-0.39, 0.29) is 0 Å².